The number of nitrogens with zero attached hydrogens (tertiary/aromatic N) is 2. The van der Waals surface area contributed by atoms with Crippen LogP contribution in [0.1, 0.15) is 57.1 Å². The van der Waals surface area contributed by atoms with Crippen LogP contribution in [0.2, 0.25) is 5.02 Å². The Morgan fingerprint density at radius 2 is 1.78 bits per heavy atom. The fourth-order valence-corrected chi connectivity index (χ4v) is 6.37. The summed E-state index contributed by atoms with van der Waals surface area (Å²) < 4.78 is 0. The van der Waals surface area contributed by atoms with Crippen LogP contribution in [0, 0.1) is 16.7 Å². The summed E-state index contributed by atoms with van der Waals surface area (Å²) in [6.07, 6.45) is 7.32. The van der Waals surface area contributed by atoms with Gasteiger partial charge in [-0.15, -0.1) is 0 Å². The number of aliphatic imine (C=N–C) groups is 1. The second kappa shape index (κ2) is 9.57. The standard InChI is InChI=1S/C28H38ClN3/c1-21(2)17-27(20-32(3)4)12-14-28(15-13-27)18-23-9-5-6-11-25(23)31-26(28)30-19-22-8-7-10-24(29)16-22/h5-11,16,21H,12-15,17-20H2,1-4H3,(H,30,31). The maximum absolute atomic E-state index is 6.22. The Morgan fingerprint density at radius 3 is 2.47 bits per heavy atom. The Labute approximate surface area is 199 Å². The van der Waals surface area contributed by atoms with Gasteiger partial charge in [-0.3, -0.25) is 4.99 Å². The highest BCUT2D eigenvalue weighted by Crippen LogP contribution is 2.52. The van der Waals surface area contributed by atoms with Gasteiger partial charge >= 0.3 is 0 Å². The van der Waals surface area contributed by atoms with Crippen molar-refractivity contribution in [3.63, 3.8) is 0 Å². The van der Waals surface area contributed by atoms with Crippen molar-refractivity contribution in [3.8, 4) is 0 Å². The molecule has 0 amide bonds. The predicted octanol–water partition coefficient (Wildman–Crippen LogP) is 7.06. The highest BCUT2D eigenvalue weighted by atomic mass is 35.5. The van der Waals surface area contributed by atoms with Gasteiger partial charge in [-0.2, -0.15) is 0 Å². The Morgan fingerprint density at radius 1 is 1.03 bits per heavy atom. The maximum atomic E-state index is 6.22. The van der Waals surface area contributed by atoms with Gasteiger partial charge in [0.1, 0.15) is 5.84 Å². The molecule has 1 heterocycles. The molecular formula is C28H38ClN3. The van der Waals surface area contributed by atoms with Crippen molar-refractivity contribution in [2.75, 3.05) is 26.0 Å². The van der Waals surface area contributed by atoms with Crippen LogP contribution >= 0.6 is 11.6 Å². The lowest BCUT2D eigenvalue weighted by molar-refractivity contribution is 0.0653. The molecule has 4 heteroatoms. The zero-order chi connectivity index (χ0) is 22.8. The minimum absolute atomic E-state index is 0.111. The number of rotatable bonds is 6. The normalized spacial score (nSPS) is 26.5. The minimum atomic E-state index is 0.111. The molecule has 0 radical (unpaired) electrons. The highest BCUT2D eigenvalue weighted by Gasteiger charge is 2.47. The molecule has 0 aromatic heterocycles. The van der Waals surface area contributed by atoms with E-state index in [4.69, 9.17) is 16.6 Å². The van der Waals surface area contributed by atoms with E-state index in [1.165, 1.54) is 61.3 Å². The van der Waals surface area contributed by atoms with Crippen LogP contribution < -0.4 is 5.32 Å². The molecule has 0 bridgehead atoms. The van der Waals surface area contributed by atoms with Gasteiger partial charge in [0.05, 0.1) is 6.54 Å². The Kier molecular flexibility index (Phi) is 6.97. The van der Waals surface area contributed by atoms with Crippen LogP contribution in [0.25, 0.3) is 0 Å². The first kappa shape index (κ1) is 23.3. The second-order valence-corrected chi connectivity index (χ2v) is 11.3. The molecule has 4 rings (SSSR count). The molecule has 2 aromatic carbocycles. The van der Waals surface area contributed by atoms with Crippen LogP contribution in [0.4, 0.5) is 5.69 Å². The van der Waals surface area contributed by atoms with Crippen LogP contribution in [-0.4, -0.2) is 31.4 Å². The second-order valence-electron chi connectivity index (χ2n) is 10.9. The Hall–Kier alpha value is -1.84. The van der Waals surface area contributed by atoms with Crippen LogP contribution in [-0.2, 0) is 13.0 Å². The molecule has 0 unspecified atom stereocenters. The number of anilines is 1. The number of nitrogens with one attached hydrogen (secondary N) is 1. The largest absolute Gasteiger partial charge is 0.343 e. The molecule has 32 heavy (non-hydrogen) atoms. The summed E-state index contributed by atoms with van der Waals surface area (Å²) in [5.74, 6) is 1.91. The zero-order valence-electron chi connectivity index (χ0n) is 20.1. The quantitative estimate of drug-likeness (QED) is 0.508. The fraction of sp³-hybridized carbons (Fsp3) is 0.536. The number of halogens is 1. The van der Waals surface area contributed by atoms with E-state index in [0.29, 0.717) is 12.0 Å². The van der Waals surface area contributed by atoms with E-state index >= 15 is 0 Å². The Bertz CT molecular complexity index is 943. The fourth-order valence-electron chi connectivity index (χ4n) is 6.15. The summed E-state index contributed by atoms with van der Waals surface area (Å²) in [6, 6.07) is 16.8. The SMILES string of the molecule is CC(C)CC1(CN(C)C)CCC2(CC1)Cc1ccccc1NC2=NCc1cccc(Cl)c1. The average Bonchev–Trinajstić information content (AvgIpc) is 2.73. The van der Waals surface area contributed by atoms with Crippen molar-refractivity contribution in [1.29, 1.82) is 0 Å². The van der Waals surface area contributed by atoms with Crippen LogP contribution in [0.3, 0.4) is 0 Å². The maximum Gasteiger partial charge on any atom is 0.108 e. The van der Waals surface area contributed by atoms with E-state index in [-0.39, 0.29) is 5.41 Å². The van der Waals surface area contributed by atoms with Crippen molar-refractivity contribution < 1.29 is 0 Å². The average molecular weight is 452 g/mol. The zero-order valence-corrected chi connectivity index (χ0v) is 20.9. The van der Waals surface area contributed by atoms with E-state index in [1.54, 1.807) is 0 Å². The van der Waals surface area contributed by atoms with Crippen molar-refractivity contribution >= 4 is 23.1 Å². The third kappa shape index (κ3) is 5.21. The van der Waals surface area contributed by atoms with Crippen LogP contribution in [0.5, 0.6) is 0 Å². The van der Waals surface area contributed by atoms with Gasteiger partial charge < -0.3 is 10.2 Å². The first-order valence-corrected chi connectivity index (χ1v) is 12.5. The van der Waals surface area contributed by atoms with Gasteiger partial charge in [-0.05, 0) is 93.3 Å². The van der Waals surface area contributed by atoms with Crippen molar-refractivity contribution in [2.24, 2.45) is 21.7 Å². The molecule has 1 N–H and O–H groups in total. The van der Waals surface area contributed by atoms with E-state index in [9.17, 15) is 0 Å². The summed E-state index contributed by atoms with van der Waals surface area (Å²) in [6.45, 7) is 6.60. The summed E-state index contributed by atoms with van der Waals surface area (Å²) in [5, 5.41) is 4.53. The number of hydrogen-bond donors (Lipinski definition) is 1. The summed E-state index contributed by atoms with van der Waals surface area (Å²) in [5.41, 5.74) is 4.34. The molecule has 1 fully saturated rings. The first-order valence-electron chi connectivity index (χ1n) is 12.1. The van der Waals surface area contributed by atoms with Crippen LogP contribution in [0.15, 0.2) is 53.5 Å². The highest BCUT2D eigenvalue weighted by molar-refractivity contribution is 6.30. The van der Waals surface area contributed by atoms with E-state index in [2.05, 4.69) is 68.5 Å². The lowest BCUT2D eigenvalue weighted by atomic mass is 9.58. The molecule has 1 aliphatic heterocycles. The minimum Gasteiger partial charge on any atom is -0.343 e. The summed E-state index contributed by atoms with van der Waals surface area (Å²) >= 11 is 6.22. The molecule has 172 valence electrons. The summed E-state index contributed by atoms with van der Waals surface area (Å²) in [7, 11) is 4.45. The van der Waals surface area contributed by atoms with Crippen molar-refractivity contribution in [3.05, 3.63) is 64.7 Å². The third-order valence-electron chi connectivity index (χ3n) is 7.37. The lowest BCUT2D eigenvalue weighted by Gasteiger charge is -2.50. The monoisotopic (exact) mass is 451 g/mol. The van der Waals surface area contributed by atoms with E-state index in [1.807, 2.05) is 18.2 Å². The molecule has 1 spiro atoms. The molecule has 2 aliphatic rings. The lowest BCUT2D eigenvalue weighted by Crippen LogP contribution is -2.49. The summed E-state index contributed by atoms with van der Waals surface area (Å²) in [4.78, 5) is 7.57. The number of para-hydroxylation sites is 1. The van der Waals surface area contributed by atoms with Gasteiger partial charge in [0.25, 0.3) is 0 Å². The molecule has 2 aromatic rings. The molecule has 3 nitrogen and oxygen atoms in total. The van der Waals surface area contributed by atoms with Gasteiger partial charge in [0.15, 0.2) is 0 Å². The molecular weight excluding hydrogens is 414 g/mol. The smallest absolute Gasteiger partial charge is 0.108 e. The number of hydrogen-bond acceptors (Lipinski definition) is 2. The first-order chi connectivity index (χ1) is 15.3. The number of benzene rings is 2. The van der Waals surface area contributed by atoms with Crippen molar-refractivity contribution in [2.45, 2.75) is 58.9 Å². The molecule has 1 aliphatic carbocycles. The van der Waals surface area contributed by atoms with E-state index in [0.717, 1.165) is 17.4 Å². The van der Waals surface area contributed by atoms with Gasteiger partial charge in [-0.1, -0.05) is 55.8 Å². The number of amidine groups is 1. The molecule has 1 saturated carbocycles. The van der Waals surface area contributed by atoms with E-state index < -0.39 is 0 Å². The van der Waals surface area contributed by atoms with Gasteiger partial charge in [0, 0.05) is 22.7 Å². The topological polar surface area (TPSA) is 27.6 Å². The molecule has 0 atom stereocenters. The molecule has 0 saturated heterocycles. The Balaban J connectivity index is 1.62. The van der Waals surface area contributed by atoms with Gasteiger partial charge in [-0.25, -0.2) is 0 Å². The van der Waals surface area contributed by atoms with Gasteiger partial charge in [0.2, 0.25) is 0 Å². The number of fused-ring (bicyclic) bond motifs is 1. The van der Waals surface area contributed by atoms with Crippen molar-refractivity contribution in [1.82, 2.24) is 4.90 Å². The predicted molar refractivity (Wildman–Crippen MR) is 138 cm³/mol. The third-order valence-corrected chi connectivity index (χ3v) is 7.61.